The number of nitrogens with zero attached hydrogens (tertiary/aromatic N) is 1. The molecule has 1 aromatic heterocycles. The Morgan fingerprint density at radius 1 is 1.00 bits per heavy atom. The summed E-state index contributed by atoms with van der Waals surface area (Å²) < 4.78 is 16.3. The van der Waals surface area contributed by atoms with Gasteiger partial charge in [-0.15, -0.1) is 0 Å². The maximum absolute atomic E-state index is 5.79. The predicted octanol–water partition coefficient (Wildman–Crippen LogP) is 3.36. The monoisotopic (exact) mass is 294 g/mol. The third-order valence-corrected chi connectivity index (χ3v) is 3.80. The molecule has 0 atom stereocenters. The highest BCUT2D eigenvalue weighted by molar-refractivity contribution is 6.00. The van der Waals surface area contributed by atoms with Crippen molar-refractivity contribution in [2.45, 2.75) is 0 Å². The van der Waals surface area contributed by atoms with E-state index >= 15 is 0 Å². The maximum atomic E-state index is 5.79. The molecule has 22 heavy (non-hydrogen) atoms. The van der Waals surface area contributed by atoms with E-state index in [-0.39, 0.29) is 0 Å². The van der Waals surface area contributed by atoms with Gasteiger partial charge in [-0.1, -0.05) is 12.1 Å². The Hall–Kier alpha value is -2.95. The van der Waals surface area contributed by atoms with Crippen LogP contribution in [0.3, 0.4) is 0 Å². The SMILES string of the molecule is COc1ccc(C2=COc3cc(OC)cc4[nH]nc2c34)cc1. The van der Waals surface area contributed by atoms with E-state index in [9.17, 15) is 0 Å². The van der Waals surface area contributed by atoms with Crippen LogP contribution in [0.1, 0.15) is 11.3 Å². The van der Waals surface area contributed by atoms with Gasteiger partial charge in [-0.05, 0) is 17.7 Å². The molecule has 110 valence electrons. The molecule has 0 aliphatic carbocycles. The fourth-order valence-electron chi connectivity index (χ4n) is 2.65. The van der Waals surface area contributed by atoms with Gasteiger partial charge in [-0.3, -0.25) is 5.10 Å². The molecule has 0 spiro atoms. The van der Waals surface area contributed by atoms with E-state index in [1.165, 1.54) is 0 Å². The smallest absolute Gasteiger partial charge is 0.141 e. The minimum atomic E-state index is 0.735. The predicted molar refractivity (Wildman–Crippen MR) is 83.3 cm³/mol. The second kappa shape index (κ2) is 4.80. The summed E-state index contributed by atoms with van der Waals surface area (Å²) in [4.78, 5) is 0. The molecule has 0 radical (unpaired) electrons. The van der Waals surface area contributed by atoms with Crippen LogP contribution < -0.4 is 14.2 Å². The number of H-pyrrole nitrogens is 1. The summed E-state index contributed by atoms with van der Waals surface area (Å²) in [5.74, 6) is 2.30. The summed E-state index contributed by atoms with van der Waals surface area (Å²) in [6.45, 7) is 0. The van der Waals surface area contributed by atoms with Crippen LogP contribution in [0, 0.1) is 0 Å². The lowest BCUT2D eigenvalue weighted by molar-refractivity contribution is 0.410. The molecule has 1 aliphatic heterocycles. The molecule has 0 fully saturated rings. The van der Waals surface area contributed by atoms with Gasteiger partial charge in [0.15, 0.2) is 0 Å². The van der Waals surface area contributed by atoms with Gasteiger partial charge >= 0.3 is 0 Å². The van der Waals surface area contributed by atoms with Crippen molar-refractivity contribution in [1.82, 2.24) is 10.2 Å². The third-order valence-electron chi connectivity index (χ3n) is 3.80. The summed E-state index contributed by atoms with van der Waals surface area (Å²) >= 11 is 0. The molecule has 0 amide bonds. The highest BCUT2D eigenvalue weighted by atomic mass is 16.5. The second-order valence-electron chi connectivity index (χ2n) is 5.00. The average molecular weight is 294 g/mol. The summed E-state index contributed by atoms with van der Waals surface area (Å²) in [7, 11) is 3.28. The van der Waals surface area contributed by atoms with Gasteiger partial charge in [-0.2, -0.15) is 5.10 Å². The van der Waals surface area contributed by atoms with Crippen molar-refractivity contribution in [3.8, 4) is 17.2 Å². The number of hydrogen-bond donors (Lipinski definition) is 1. The van der Waals surface area contributed by atoms with Crippen LogP contribution in [0.5, 0.6) is 17.2 Å². The van der Waals surface area contributed by atoms with Gasteiger partial charge in [0.25, 0.3) is 0 Å². The first-order chi connectivity index (χ1) is 10.8. The first kappa shape index (κ1) is 12.8. The van der Waals surface area contributed by atoms with Crippen molar-refractivity contribution >= 4 is 16.5 Å². The fraction of sp³-hybridized carbons (Fsp3) is 0.118. The molecule has 1 aliphatic rings. The minimum absolute atomic E-state index is 0.735. The molecule has 5 nitrogen and oxygen atoms in total. The standard InChI is InChI=1S/C17H14N2O3/c1-20-11-5-3-10(4-6-11)13-9-22-15-8-12(21-2)7-14-16(15)17(13)19-18-14/h3-9H,1-2H3,(H,18,19). The Bertz CT molecular complexity index is 879. The van der Waals surface area contributed by atoms with Gasteiger partial charge in [0.2, 0.25) is 0 Å². The van der Waals surface area contributed by atoms with Crippen molar-refractivity contribution < 1.29 is 14.2 Å². The highest BCUT2D eigenvalue weighted by Gasteiger charge is 2.22. The fourth-order valence-corrected chi connectivity index (χ4v) is 2.65. The topological polar surface area (TPSA) is 56.4 Å². The van der Waals surface area contributed by atoms with Crippen LogP contribution in [0.4, 0.5) is 0 Å². The van der Waals surface area contributed by atoms with E-state index in [1.807, 2.05) is 36.4 Å². The molecule has 5 heteroatoms. The van der Waals surface area contributed by atoms with Gasteiger partial charge in [0.1, 0.15) is 29.2 Å². The number of methoxy groups -OCH3 is 2. The number of benzene rings is 2. The van der Waals surface area contributed by atoms with Gasteiger partial charge < -0.3 is 14.2 Å². The zero-order chi connectivity index (χ0) is 15.1. The van der Waals surface area contributed by atoms with Crippen molar-refractivity contribution in [2.75, 3.05) is 14.2 Å². The normalized spacial score (nSPS) is 12.7. The Morgan fingerprint density at radius 3 is 2.50 bits per heavy atom. The third kappa shape index (κ3) is 1.83. The average Bonchev–Trinajstić information content (AvgIpc) is 3.00. The quantitative estimate of drug-likeness (QED) is 0.804. The first-order valence-corrected chi connectivity index (χ1v) is 6.88. The summed E-state index contributed by atoms with van der Waals surface area (Å²) in [5.41, 5.74) is 3.73. The Labute approximate surface area is 127 Å². The number of nitrogens with one attached hydrogen (secondary N) is 1. The van der Waals surface area contributed by atoms with E-state index in [0.717, 1.165) is 45.0 Å². The van der Waals surface area contributed by atoms with Gasteiger partial charge in [-0.25, -0.2) is 0 Å². The van der Waals surface area contributed by atoms with Crippen LogP contribution >= 0.6 is 0 Å². The van der Waals surface area contributed by atoms with Crippen molar-refractivity contribution in [2.24, 2.45) is 0 Å². The van der Waals surface area contributed by atoms with E-state index in [2.05, 4.69) is 10.2 Å². The lowest BCUT2D eigenvalue weighted by Gasteiger charge is -2.15. The maximum Gasteiger partial charge on any atom is 0.141 e. The molecule has 0 bridgehead atoms. The molecule has 3 aromatic rings. The van der Waals surface area contributed by atoms with Crippen LogP contribution in [-0.2, 0) is 0 Å². The molecule has 2 aromatic carbocycles. The number of rotatable bonds is 3. The van der Waals surface area contributed by atoms with Crippen molar-refractivity contribution in [1.29, 1.82) is 0 Å². The van der Waals surface area contributed by atoms with E-state index < -0.39 is 0 Å². The van der Waals surface area contributed by atoms with Crippen LogP contribution in [0.2, 0.25) is 0 Å². The summed E-state index contributed by atoms with van der Waals surface area (Å²) in [5, 5.41) is 8.45. The minimum Gasteiger partial charge on any atom is -0.497 e. The first-order valence-electron chi connectivity index (χ1n) is 6.88. The van der Waals surface area contributed by atoms with Crippen molar-refractivity contribution in [3.63, 3.8) is 0 Å². The van der Waals surface area contributed by atoms with E-state index in [0.29, 0.717) is 0 Å². The van der Waals surface area contributed by atoms with Gasteiger partial charge in [0, 0.05) is 17.7 Å². The molecular formula is C17H14N2O3. The second-order valence-corrected chi connectivity index (χ2v) is 5.00. The number of aromatic amines is 1. The summed E-state index contributed by atoms with van der Waals surface area (Å²) in [6, 6.07) is 11.6. The Morgan fingerprint density at radius 2 is 1.77 bits per heavy atom. The Balaban J connectivity index is 1.84. The molecule has 2 heterocycles. The zero-order valence-electron chi connectivity index (χ0n) is 12.2. The Kier molecular flexibility index (Phi) is 2.79. The van der Waals surface area contributed by atoms with E-state index in [1.54, 1.807) is 20.5 Å². The molecule has 0 saturated heterocycles. The number of ether oxygens (including phenoxy) is 3. The summed E-state index contributed by atoms with van der Waals surface area (Å²) in [6.07, 6.45) is 1.72. The molecule has 0 unspecified atom stereocenters. The van der Waals surface area contributed by atoms with Gasteiger partial charge in [0.05, 0.1) is 25.1 Å². The van der Waals surface area contributed by atoms with Crippen LogP contribution in [-0.4, -0.2) is 24.4 Å². The molecule has 0 saturated carbocycles. The largest absolute Gasteiger partial charge is 0.497 e. The van der Waals surface area contributed by atoms with Crippen LogP contribution in [0.15, 0.2) is 42.7 Å². The van der Waals surface area contributed by atoms with Crippen LogP contribution in [0.25, 0.3) is 16.5 Å². The zero-order valence-corrected chi connectivity index (χ0v) is 12.2. The molecule has 4 rings (SSSR count). The lowest BCUT2D eigenvalue weighted by atomic mass is 9.99. The number of aromatic nitrogens is 2. The number of hydrogen-bond acceptors (Lipinski definition) is 4. The molecular weight excluding hydrogens is 280 g/mol. The molecule has 1 N–H and O–H groups in total. The van der Waals surface area contributed by atoms with E-state index in [4.69, 9.17) is 14.2 Å². The highest BCUT2D eigenvalue weighted by Crippen LogP contribution is 2.40. The lowest BCUT2D eigenvalue weighted by Crippen LogP contribution is -1.99. The van der Waals surface area contributed by atoms with Crippen molar-refractivity contribution in [3.05, 3.63) is 53.9 Å².